The Balaban J connectivity index is 1.28. The molecule has 9 atom stereocenters. The first-order valence-corrected chi connectivity index (χ1v) is 15.3. The third-order valence-electron chi connectivity index (χ3n) is 11.8. The Hall–Kier alpha value is -1.83. The zero-order chi connectivity index (χ0) is 26.4. The fourth-order valence-electron chi connectivity index (χ4n) is 8.99. The molecule has 0 amide bonds. The highest BCUT2D eigenvalue weighted by Gasteiger charge is 2.58. The third kappa shape index (κ3) is 4.87. The second-order valence-electron chi connectivity index (χ2n) is 14.0. The van der Waals surface area contributed by atoms with Gasteiger partial charge in [-0.1, -0.05) is 83.5 Å². The van der Waals surface area contributed by atoms with Crippen LogP contribution in [0.15, 0.2) is 54.1 Å². The van der Waals surface area contributed by atoms with Crippen molar-refractivity contribution in [1.82, 2.24) is 0 Å². The van der Waals surface area contributed by atoms with E-state index in [-0.39, 0.29) is 12.1 Å². The smallest absolute Gasteiger partial charge is 0.338 e. The van der Waals surface area contributed by atoms with Gasteiger partial charge >= 0.3 is 5.97 Å². The molecule has 4 aliphatic carbocycles. The van der Waals surface area contributed by atoms with E-state index in [0.29, 0.717) is 40.1 Å². The van der Waals surface area contributed by atoms with Crippen LogP contribution in [0.25, 0.3) is 0 Å². The van der Waals surface area contributed by atoms with Gasteiger partial charge in [0.25, 0.3) is 0 Å². The van der Waals surface area contributed by atoms with Crippen LogP contribution in [0.1, 0.15) is 103 Å². The van der Waals surface area contributed by atoms with E-state index in [1.807, 2.05) is 35.9 Å². The van der Waals surface area contributed by atoms with Gasteiger partial charge in [-0.3, -0.25) is 0 Å². The molecule has 0 bridgehead atoms. The summed E-state index contributed by atoms with van der Waals surface area (Å²) in [5, 5.41) is 0. The van der Waals surface area contributed by atoms with E-state index in [0.717, 1.165) is 30.6 Å². The van der Waals surface area contributed by atoms with Crippen molar-refractivity contribution in [2.45, 2.75) is 99.0 Å². The highest BCUT2D eigenvalue weighted by Crippen LogP contribution is 2.66. The molecule has 0 unspecified atom stereocenters. The molecule has 1 aromatic rings. The molecule has 0 aliphatic heterocycles. The Morgan fingerprint density at radius 3 is 2.35 bits per heavy atom. The number of ether oxygens (including phenoxy) is 1. The van der Waals surface area contributed by atoms with Crippen LogP contribution < -0.4 is 0 Å². The standard InChI is InChI=1S/C35H50O2/c1-23(2)24(3)12-13-25(4)30-16-17-31-29-15-14-27-22-28(37-33(36)26-10-8-7-9-11-26)18-20-34(27,5)32(29)19-21-35(30,31)6/h7-13,15,23-25,27-28,30-32H,14,16-22H2,1-6H3/t24-,25-,27+,28-,30+,31-,32-,34-,35+/m0/s1. The average molecular weight is 503 g/mol. The fraction of sp³-hybridized carbons (Fsp3) is 0.686. The molecule has 0 aromatic heterocycles. The van der Waals surface area contributed by atoms with Crippen LogP contribution >= 0.6 is 0 Å². The predicted molar refractivity (Wildman–Crippen MR) is 153 cm³/mol. The molecule has 5 rings (SSSR count). The number of carbonyl (C=O) groups excluding carboxylic acids is 1. The number of rotatable bonds is 6. The first-order chi connectivity index (χ1) is 17.6. The van der Waals surface area contributed by atoms with Crippen LogP contribution in [0, 0.1) is 52.3 Å². The maximum absolute atomic E-state index is 12.7. The maximum atomic E-state index is 12.7. The van der Waals surface area contributed by atoms with Gasteiger partial charge in [0.15, 0.2) is 0 Å². The van der Waals surface area contributed by atoms with Crippen molar-refractivity contribution >= 4 is 5.97 Å². The van der Waals surface area contributed by atoms with Crippen LogP contribution in [0.4, 0.5) is 0 Å². The van der Waals surface area contributed by atoms with Gasteiger partial charge in [0, 0.05) is 0 Å². The summed E-state index contributed by atoms with van der Waals surface area (Å²) in [6.07, 6.45) is 17.6. The molecule has 2 nitrogen and oxygen atoms in total. The first-order valence-electron chi connectivity index (χ1n) is 15.3. The zero-order valence-corrected chi connectivity index (χ0v) is 24.2. The Kier molecular flexibility index (Phi) is 7.51. The number of hydrogen-bond donors (Lipinski definition) is 0. The minimum Gasteiger partial charge on any atom is -0.459 e. The summed E-state index contributed by atoms with van der Waals surface area (Å²) in [6, 6.07) is 9.49. The van der Waals surface area contributed by atoms with Crippen molar-refractivity contribution < 1.29 is 9.53 Å². The monoisotopic (exact) mass is 502 g/mol. The molecule has 0 heterocycles. The second kappa shape index (κ2) is 10.4. The van der Waals surface area contributed by atoms with Crippen LogP contribution in [0.5, 0.6) is 0 Å². The topological polar surface area (TPSA) is 26.3 Å². The van der Waals surface area contributed by atoms with Gasteiger partial charge in [-0.15, -0.1) is 0 Å². The summed E-state index contributed by atoms with van der Waals surface area (Å²) in [5.74, 6) is 4.79. The summed E-state index contributed by atoms with van der Waals surface area (Å²) in [7, 11) is 0. The average Bonchev–Trinajstić information content (AvgIpc) is 3.25. The van der Waals surface area contributed by atoms with Gasteiger partial charge in [-0.2, -0.15) is 0 Å². The molecule has 0 saturated heterocycles. The van der Waals surface area contributed by atoms with E-state index in [9.17, 15) is 4.79 Å². The molecular formula is C35H50O2. The van der Waals surface area contributed by atoms with Gasteiger partial charge in [0.2, 0.25) is 0 Å². The molecule has 0 spiro atoms. The normalized spacial score (nSPS) is 38.9. The highest BCUT2D eigenvalue weighted by molar-refractivity contribution is 5.89. The predicted octanol–water partition coefficient (Wildman–Crippen LogP) is 9.28. The van der Waals surface area contributed by atoms with Crippen LogP contribution in [-0.2, 0) is 4.74 Å². The molecule has 4 aliphatic rings. The van der Waals surface area contributed by atoms with Gasteiger partial charge in [-0.25, -0.2) is 4.79 Å². The summed E-state index contributed by atoms with van der Waals surface area (Å²) < 4.78 is 6.02. The number of fused-ring (bicyclic) bond motifs is 5. The number of esters is 1. The molecule has 3 fully saturated rings. The third-order valence-corrected chi connectivity index (χ3v) is 11.8. The first kappa shape index (κ1) is 26.8. The van der Waals surface area contributed by atoms with Crippen molar-refractivity contribution in [3.05, 3.63) is 59.7 Å². The van der Waals surface area contributed by atoms with Gasteiger partial charge < -0.3 is 4.74 Å². The fourth-order valence-corrected chi connectivity index (χ4v) is 8.99. The molecular weight excluding hydrogens is 452 g/mol. The van der Waals surface area contributed by atoms with Crippen molar-refractivity contribution in [3.63, 3.8) is 0 Å². The maximum Gasteiger partial charge on any atom is 0.338 e. The van der Waals surface area contributed by atoms with E-state index in [2.05, 4.69) is 59.8 Å². The Bertz CT molecular complexity index is 1020. The molecule has 0 N–H and O–H groups in total. The molecule has 0 radical (unpaired) electrons. The summed E-state index contributed by atoms with van der Waals surface area (Å²) in [5.41, 5.74) is 3.30. The lowest BCUT2D eigenvalue weighted by atomic mass is 9.47. The summed E-state index contributed by atoms with van der Waals surface area (Å²) >= 11 is 0. The Labute approximate surface area is 226 Å². The van der Waals surface area contributed by atoms with Gasteiger partial charge in [0.1, 0.15) is 6.10 Å². The molecule has 37 heavy (non-hydrogen) atoms. The lowest BCUT2D eigenvalue weighted by Gasteiger charge is -2.58. The lowest BCUT2D eigenvalue weighted by Crippen LogP contribution is -2.50. The van der Waals surface area contributed by atoms with Gasteiger partial charge in [-0.05, 0) is 116 Å². The second-order valence-corrected chi connectivity index (χ2v) is 14.0. The van der Waals surface area contributed by atoms with Crippen LogP contribution in [-0.4, -0.2) is 12.1 Å². The lowest BCUT2D eigenvalue weighted by molar-refractivity contribution is -0.0515. The van der Waals surface area contributed by atoms with E-state index in [1.54, 1.807) is 0 Å². The Morgan fingerprint density at radius 1 is 0.919 bits per heavy atom. The number of benzene rings is 1. The van der Waals surface area contributed by atoms with E-state index < -0.39 is 0 Å². The quantitative estimate of drug-likeness (QED) is 0.286. The van der Waals surface area contributed by atoms with Crippen molar-refractivity contribution in [2.75, 3.05) is 0 Å². The molecule has 2 heteroatoms. The van der Waals surface area contributed by atoms with E-state index in [1.165, 1.54) is 38.5 Å². The number of hydrogen-bond acceptors (Lipinski definition) is 2. The SMILES string of the molecule is CC(C)[C@@H](C)C=C[C@H](C)[C@H]1CC[C@H]2C3=CC[C@@H]4C[C@@H](OC(=O)c5ccccc5)CC[C@]4(C)[C@H]3CC[C@]12C. The van der Waals surface area contributed by atoms with Crippen molar-refractivity contribution in [1.29, 1.82) is 0 Å². The van der Waals surface area contributed by atoms with E-state index in [4.69, 9.17) is 4.74 Å². The van der Waals surface area contributed by atoms with Crippen molar-refractivity contribution in [2.24, 2.45) is 52.3 Å². The minimum absolute atomic E-state index is 0.0614. The number of allylic oxidation sites excluding steroid dienone is 4. The minimum atomic E-state index is -0.155. The highest BCUT2D eigenvalue weighted by atomic mass is 16.5. The van der Waals surface area contributed by atoms with Crippen LogP contribution in [0.2, 0.25) is 0 Å². The number of carbonyl (C=O) groups is 1. The molecule has 202 valence electrons. The largest absolute Gasteiger partial charge is 0.459 e. The molecule has 3 saturated carbocycles. The van der Waals surface area contributed by atoms with Crippen molar-refractivity contribution in [3.8, 4) is 0 Å². The Morgan fingerprint density at radius 2 is 1.62 bits per heavy atom. The summed E-state index contributed by atoms with van der Waals surface area (Å²) in [6.45, 7) is 14.7. The van der Waals surface area contributed by atoms with Crippen LogP contribution in [0.3, 0.4) is 0 Å². The summed E-state index contributed by atoms with van der Waals surface area (Å²) in [4.78, 5) is 12.7. The zero-order valence-electron chi connectivity index (χ0n) is 24.2. The van der Waals surface area contributed by atoms with Gasteiger partial charge in [0.05, 0.1) is 5.56 Å². The molecule has 1 aromatic carbocycles. The van der Waals surface area contributed by atoms with E-state index >= 15 is 0 Å².